The van der Waals surface area contributed by atoms with E-state index in [1.807, 2.05) is 0 Å². The first-order valence-corrected chi connectivity index (χ1v) is 15.5. The molecule has 8 atom stereocenters. The molecule has 2 heteroatoms. The highest BCUT2D eigenvalue weighted by molar-refractivity contribution is 5.17. The van der Waals surface area contributed by atoms with Gasteiger partial charge in [-0.25, -0.2) is 0 Å². The number of likely N-dealkylation sites (tertiary alicyclic amines) is 2. The van der Waals surface area contributed by atoms with Crippen LogP contribution in [-0.4, -0.2) is 46.1 Å². The van der Waals surface area contributed by atoms with Gasteiger partial charge in [-0.3, -0.25) is 9.80 Å². The predicted octanol–water partition coefficient (Wildman–Crippen LogP) is 7.16. The number of rotatable bonds is 2. The molecule has 7 aliphatic rings. The van der Waals surface area contributed by atoms with Crippen molar-refractivity contribution >= 4 is 0 Å². The standard InChI is InChI=1S/C30H50N2/c1-3-11-21(12-4-1)31-27-17-9-7-15-23(27)25-19-20-26-24-16-8-10-18-28(24)32(30(26)29(25)31)22-13-5-2-6-14-22/h21-30H,1-20H2. The minimum atomic E-state index is 0.942. The van der Waals surface area contributed by atoms with E-state index in [1.54, 1.807) is 38.5 Å². The fraction of sp³-hybridized carbons (Fsp3) is 1.00. The average Bonchev–Trinajstić information content (AvgIpc) is 3.38. The highest BCUT2D eigenvalue weighted by Crippen LogP contribution is 2.59. The zero-order chi connectivity index (χ0) is 21.1. The van der Waals surface area contributed by atoms with Crippen molar-refractivity contribution in [3.63, 3.8) is 0 Å². The van der Waals surface area contributed by atoms with Crippen molar-refractivity contribution in [2.24, 2.45) is 23.7 Å². The molecule has 8 unspecified atom stereocenters. The van der Waals surface area contributed by atoms with E-state index < -0.39 is 0 Å². The van der Waals surface area contributed by atoms with Gasteiger partial charge in [0.25, 0.3) is 0 Å². The summed E-state index contributed by atoms with van der Waals surface area (Å²) in [7, 11) is 0. The lowest BCUT2D eigenvalue weighted by Gasteiger charge is -2.51. The summed E-state index contributed by atoms with van der Waals surface area (Å²) in [5, 5.41) is 0. The Morgan fingerprint density at radius 2 is 0.688 bits per heavy atom. The van der Waals surface area contributed by atoms with Crippen molar-refractivity contribution in [1.29, 1.82) is 0 Å². The molecular formula is C30H50N2. The van der Waals surface area contributed by atoms with Gasteiger partial charge in [-0.15, -0.1) is 0 Å². The number of nitrogens with zero attached hydrogens (tertiary/aromatic N) is 2. The second-order valence-corrected chi connectivity index (χ2v) is 13.4. The Morgan fingerprint density at radius 3 is 1.12 bits per heavy atom. The lowest BCUT2D eigenvalue weighted by molar-refractivity contribution is -0.0191. The van der Waals surface area contributed by atoms with Crippen molar-refractivity contribution < 1.29 is 0 Å². The molecule has 7 fully saturated rings. The molecule has 32 heavy (non-hydrogen) atoms. The fourth-order valence-electron chi connectivity index (χ4n) is 11.2. The lowest BCUT2D eigenvalue weighted by Crippen LogP contribution is -2.60. The summed E-state index contributed by atoms with van der Waals surface area (Å²) in [6.07, 6.45) is 30.7. The van der Waals surface area contributed by atoms with Crippen LogP contribution in [0.1, 0.15) is 128 Å². The molecule has 0 aromatic heterocycles. The molecule has 0 aromatic carbocycles. The van der Waals surface area contributed by atoms with Gasteiger partial charge < -0.3 is 0 Å². The van der Waals surface area contributed by atoms with E-state index in [0.717, 1.165) is 59.9 Å². The molecule has 0 amide bonds. The van der Waals surface area contributed by atoms with Crippen LogP contribution in [0.3, 0.4) is 0 Å². The van der Waals surface area contributed by atoms with Crippen LogP contribution < -0.4 is 0 Å². The second kappa shape index (κ2) is 8.85. The lowest BCUT2D eigenvalue weighted by atomic mass is 9.66. The van der Waals surface area contributed by atoms with E-state index in [9.17, 15) is 0 Å². The topological polar surface area (TPSA) is 6.48 Å². The molecule has 0 bridgehead atoms. The first kappa shape index (κ1) is 21.2. The van der Waals surface area contributed by atoms with Gasteiger partial charge in [-0.1, -0.05) is 64.2 Å². The number of hydrogen-bond acceptors (Lipinski definition) is 2. The van der Waals surface area contributed by atoms with Crippen LogP contribution in [-0.2, 0) is 0 Å². The minimum absolute atomic E-state index is 0.942. The van der Waals surface area contributed by atoms with Crippen molar-refractivity contribution in [2.45, 2.75) is 165 Å². The van der Waals surface area contributed by atoms with Gasteiger partial charge in [-0.05, 0) is 87.9 Å². The molecule has 7 rings (SSSR count). The van der Waals surface area contributed by atoms with E-state index in [4.69, 9.17) is 0 Å². The molecule has 2 aliphatic heterocycles. The van der Waals surface area contributed by atoms with Crippen LogP contribution in [0.15, 0.2) is 0 Å². The summed E-state index contributed by atoms with van der Waals surface area (Å²) in [5.41, 5.74) is 0. The zero-order valence-corrected chi connectivity index (χ0v) is 20.8. The van der Waals surface area contributed by atoms with Crippen LogP contribution in [0, 0.1) is 23.7 Å². The van der Waals surface area contributed by atoms with Crippen LogP contribution in [0.2, 0.25) is 0 Å². The third kappa shape index (κ3) is 3.31. The molecule has 0 spiro atoms. The highest BCUT2D eigenvalue weighted by Gasteiger charge is 2.63. The second-order valence-electron chi connectivity index (χ2n) is 13.4. The van der Waals surface area contributed by atoms with Crippen LogP contribution in [0.4, 0.5) is 0 Å². The summed E-state index contributed by atoms with van der Waals surface area (Å²) in [6, 6.07) is 5.71. The molecule has 0 aromatic rings. The van der Waals surface area contributed by atoms with Gasteiger partial charge in [0.15, 0.2) is 0 Å². The van der Waals surface area contributed by atoms with Crippen LogP contribution >= 0.6 is 0 Å². The normalized spacial score (nSPS) is 48.8. The molecule has 2 saturated heterocycles. The molecule has 5 saturated carbocycles. The summed E-state index contributed by atoms with van der Waals surface area (Å²) in [6.45, 7) is 0. The fourth-order valence-corrected chi connectivity index (χ4v) is 11.2. The van der Waals surface area contributed by atoms with Crippen molar-refractivity contribution in [3.8, 4) is 0 Å². The van der Waals surface area contributed by atoms with E-state index in [-0.39, 0.29) is 0 Å². The molecule has 180 valence electrons. The summed E-state index contributed by atoms with van der Waals surface area (Å²) in [5.74, 6) is 4.23. The Balaban J connectivity index is 1.28. The zero-order valence-electron chi connectivity index (χ0n) is 20.8. The maximum absolute atomic E-state index is 3.33. The summed E-state index contributed by atoms with van der Waals surface area (Å²) < 4.78 is 0. The molecule has 2 nitrogen and oxygen atoms in total. The van der Waals surface area contributed by atoms with Gasteiger partial charge >= 0.3 is 0 Å². The van der Waals surface area contributed by atoms with Crippen LogP contribution in [0.5, 0.6) is 0 Å². The molecular weight excluding hydrogens is 388 g/mol. The first-order valence-electron chi connectivity index (χ1n) is 15.5. The van der Waals surface area contributed by atoms with Gasteiger partial charge in [0, 0.05) is 36.3 Å². The van der Waals surface area contributed by atoms with Gasteiger partial charge in [0.2, 0.25) is 0 Å². The Labute approximate surface area is 198 Å². The largest absolute Gasteiger partial charge is 0.292 e. The smallest absolute Gasteiger partial charge is 0.0292 e. The van der Waals surface area contributed by atoms with E-state index in [2.05, 4.69) is 9.80 Å². The number of hydrogen-bond donors (Lipinski definition) is 0. The molecule has 5 aliphatic carbocycles. The maximum Gasteiger partial charge on any atom is 0.0292 e. The summed E-state index contributed by atoms with van der Waals surface area (Å²) >= 11 is 0. The predicted molar refractivity (Wildman–Crippen MR) is 133 cm³/mol. The van der Waals surface area contributed by atoms with Crippen molar-refractivity contribution in [1.82, 2.24) is 9.80 Å². The quantitative estimate of drug-likeness (QED) is 0.451. The third-order valence-corrected chi connectivity index (χ3v) is 12.2. The van der Waals surface area contributed by atoms with Gasteiger partial charge in [-0.2, -0.15) is 0 Å². The Bertz CT molecular complexity index is 593. The highest BCUT2D eigenvalue weighted by atomic mass is 15.4. The first-order chi connectivity index (χ1) is 15.9. The SMILES string of the molecule is C1CCC(N2C3CCCCC3C3CCC4C5CCCCC5N(C5CCCCC5)C4C32)CC1. The Kier molecular flexibility index (Phi) is 5.87. The Morgan fingerprint density at radius 1 is 0.312 bits per heavy atom. The van der Waals surface area contributed by atoms with Crippen molar-refractivity contribution in [2.75, 3.05) is 0 Å². The molecule has 2 heterocycles. The average molecular weight is 439 g/mol. The van der Waals surface area contributed by atoms with Crippen molar-refractivity contribution in [3.05, 3.63) is 0 Å². The third-order valence-electron chi connectivity index (χ3n) is 12.2. The van der Waals surface area contributed by atoms with Gasteiger partial charge in [0.05, 0.1) is 0 Å². The van der Waals surface area contributed by atoms with E-state index in [0.29, 0.717) is 0 Å². The van der Waals surface area contributed by atoms with Gasteiger partial charge in [0.1, 0.15) is 0 Å². The Hall–Kier alpha value is -0.0800. The number of fused-ring (bicyclic) bond motifs is 7. The monoisotopic (exact) mass is 438 g/mol. The van der Waals surface area contributed by atoms with Crippen LogP contribution in [0.25, 0.3) is 0 Å². The maximum atomic E-state index is 3.33. The summed E-state index contributed by atoms with van der Waals surface area (Å²) in [4.78, 5) is 6.66. The molecule has 0 N–H and O–H groups in total. The van der Waals surface area contributed by atoms with E-state index in [1.165, 1.54) is 89.9 Å². The van der Waals surface area contributed by atoms with E-state index >= 15 is 0 Å². The minimum Gasteiger partial charge on any atom is -0.292 e. The molecule has 0 radical (unpaired) electrons.